The van der Waals surface area contributed by atoms with Crippen molar-refractivity contribution in [1.82, 2.24) is 0 Å². The first-order valence-corrected chi connectivity index (χ1v) is 9.13. The van der Waals surface area contributed by atoms with Crippen molar-refractivity contribution in [3.63, 3.8) is 0 Å². The van der Waals surface area contributed by atoms with Gasteiger partial charge in [-0.2, -0.15) is 0 Å². The van der Waals surface area contributed by atoms with Gasteiger partial charge in [0.2, 0.25) is 0 Å². The molecule has 0 bridgehead atoms. The van der Waals surface area contributed by atoms with Gasteiger partial charge in [-0.25, -0.2) is 4.79 Å². The monoisotopic (exact) mass is 304 g/mol. The second-order valence-electron chi connectivity index (χ2n) is 4.22. The number of unbranched alkanes of at least 4 members (excludes halogenated alkanes) is 1. The highest BCUT2D eigenvalue weighted by molar-refractivity contribution is 6.66. The van der Waals surface area contributed by atoms with Crippen molar-refractivity contribution in [2.45, 2.75) is 47.5 Å². The maximum atomic E-state index is 11.9. The average Bonchev–Trinajstić information content (AvgIpc) is 2.39. The van der Waals surface area contributed by atoms with Crippen LogP contribution >= 0.6 is 0 Å². The second kappa shape index (κ2) is 11.0. The molecule has 0 radical (unpaired) electrons. The normalized spacial score (nSPS) is 12.6. The fraction of sp³-hybridized carbons (Fsp3) is 0.786. The molecule has 0 amide bonds. The summed E-state index contributed by atoms with van der Waals surface area (Å²) >= 11 is 0. The molecule has 20 heavy (non-hydrogen) atoms. The van der Waals surface area contributed by atoms with Crippen molar-refractivity contribution in [2.24, 2.45) is 0 Å². The van der Waals surface area contributed by atoms with Crippen LogP contribution in [0, 0.1) is 0 Å². The van der Waals surface area contributed by atoms with Crippen LogP contribution in [0.3, 0.4) is 0 Å². The van der Waals surface area contributed by atoms with Crippen LogP contribution in [0.5, 0.6) is 0 Å². The standard InChI is InChI=1S/C14H28O5Si/c1-6-10-11-16-14(15)13(5)12-20(17-7-2,18-8-3)19-9-4/h12H,6-11H2,1-5H3. The van der Waals surface area contributed by atoms with Gasteiger partial charge < -0.3 is 18.0 Å². The topological polar surface area (TPSA) is 54.0 Å². The highest BCUT2D eigenvalue weighted by Crippen LogP contribution is 2.15. The molecule has 5 nitrogen and oxygen atoms in total. The van der Waals surface area contributed by atoms with Gasteiger partial charge in [0.25, 0.3) is 0 Å². The zero-order valence-electron chi connectivity index (χ0n) is 13.4. The minimum absolute atomic E-state index is 0.338. The predicted molar refractivity (Wildman–Crippen MR) is 80.3 cm³/mol. The molecule has 0 N–H and O–H groups in total. The van der Waals surface area contributed by atoms with E-state index in [4.69, 9.17) is 18.0 Å². The van der Waals surface area contributed by atoms with E-state index in [0.29, 0.717) is 32.0 Å². The fourth-order valence-electron chi connectivity index (χ4n) is 1.60. The van der Waals surface area contributed by atoms with Crippen LogP contribution in [0.4, 0.5) is 0 Å². The van der Waals surface area contributed by atoms with E-state index in [-0.39, 0.29) is 5.97 Å². The Morgan fingerprint density at radius 2 is 1.50 bits per heavy atom. The molecular weight excluding hydrogens is 276 g/mol. The summed E-state index contributed by atoms with van der Waals surface area (Å²) in [6.45, 7) is 11.2. The maximum Gasteiger partial charge on any atom is 0.530 e. The fourth-order valence-corrected chi connectivity index (χ4v) is 3.96. The lowest BCUT2D eigenvalue weighted by Crippen LogP contribution is -2.45. The van der Waals surface area contributed by atoms with E-state index in [1.165, 1.54) is 0 Å². The molecule has 0 fully saturated rings. The summed E-state index contributed by atoms with van der Waals surface area (Å²) in [5.74, 6) is -0.338. The van der Waals surface area contributed by atoms with Crippen LogP contribution in [0.2, 0.25) is 0 Å². The molecule has 0 aromatic rings. The highest BCUT2D eigenvalue weighted by atomic mass is 28.4. The SMILES string of the molecule is CCCCOC(=O)C(C)=C[Si](OCC)(OCC)OCC. The maximum absolute atomic E-state index is 11.9. The minimum Gasteiger partial charge on any atom is -0.462 e. The van der Waals surface area contributed by atoms with Gasteiger partial charge in [-0.3, -0.25) is 0 Å². The lowest BCUT2D eigenvalue weighted by Gasteiger charge is -2.25. The molecule has 0 atom stereocenters. The summed E-state index contributed by atoms with van der Waals surface area (Å²) in [6.07, 6.45) is 1.86. The van der Waals surface area contributed by atoms with Gasteiger partial charge >= 0.3 is 14.8 Å². The van der Waals surface area contributed by atoms with Crippen LogP contribution < -0.4 is 0 Å². The van der Waals surface area contributed by atoms with E-state index < -0.39 is 8.80 Å². The van der Waals surface area contributed by atoms with Crippen molar-refractivity contribution < 1.29 is 22.8 Å². The van der Waals surface area contributed by atoms with Crippen molar-refractivity contribution in [3.8, 4) is 0 Å². The Morgan fingerprint density at radius 1 is 1.00 bits per heavy atom. The quantitative estimate of drug-likeness (QED) is 0.254. The molecule has 0 spiro atoms. The number of hydrogen-bond acceptors (Lipinski definition) is 5. The van der Waals surface area contributed by atoms with Gasteiger partial charge in [0.1, 0.15) is 0 Å². The second-order valence-corrected chi connectivity index (χ2v) is 6.58. The third-order valence-electron chi connectivity index (χ3n) is 2.48. The Kier molecular flexibility index (Phi) is 10.6. The lowest BCUT2D eigenvalue weighted by atomic mass is 10.3. The Balaban J connectivity index is 4.87. The molecule has 0 aliphatic carbocycles. The summed E-state index contributed by atoms with van der Waals surface area (Å²) in [7, 11) is -2.93. The van der Waals surface area contributed by atoms with Crippen LogP contribution in [0.25, 0.3) is 0 Å². The Hall–Kier alpha value is -0.693. The van der Waals surface area contributed by atoms with E-state index in [1.807, 2.05) is 27.7 Å². The van der Waals surface area contributed by atoms with E-state index in [0.717, 1.165) is 12.8 Å². The summed E-state index contributed by atoms with van der Waals surface area (Å²) in [5.41, 5.74) is 2.15. The Labute approximate surface area is 123 Å². The van der Waals surface area contributed by atoms with Gasteiger partial charge in [-0.15, -0.1) is 0 Å². The van der Waals surface area contributed by atoms with E-state index in [1.54, 1.807) is 12.6 Å². The highest BCUT2D eigenvalue weighted by Gasteiger charge is 2.39. The first kappa shape index (κ1) is 19.3. The third kappa shape index (κ3) is 7.19. The zero-order valence-corrected chi connectivity index (χ0v) is 14.4. The van der Waals surface area contributed by atoms with E-state index in [9.17, 15) is 4.79 Å². The number of esters is 1. The van der Waals surface area contributed by atoms with Crippen LogP contribution in [-0.4, -0.2) is 41.2 Å². The summed E-state index contributed by atoms with van der Waals surface area (Å²) in [6, 6.07) is 0. The Morgan fingerprint density at radius 3 is 1.90 bits per heavy atom. The largest absolute Gasteiger partial charge is 0.530 e. The molecule has 0 heterocycles. The molecule has 118 valence electrons. The Bertz CT molecular complexity index is 287. The molecule has 0 unspecified atom stereocenters. The summed E-state index contributed by atoms with van der Waals surface area (Å²) in [5, 5.41) is 0. The number of carbonyl (C=O) groups excluding carboxylic acids is 1. The van der Waals surface area contributed by atoms with Crippen molar-refractivity contribution in [1.29, 1.82) is 0 Å². The number of ether oxygens (including phenoxy) is 1. The van der Waals surface area contributed by atoms with Gasteiger partial charge in [-0.05, 0) is 39.8 Å². The van der Waals surface area contributed by atoms with Crippen LogP contribution in [0.15, 0.2) is 11.3 Å². The molecule has 0 saturated carbocycles. The summed E-state index contributed by atoms with van der Waals surface area (Å²) in [4.78, 5) is 11.9. The van der Waals surface area contributed by atoms with Gasteiger partial charge in [0.15, 0.2) is 0 Å². The smallest absolute Gasteiger partial charge is 0.462 e. The first-order valence-electron chi connectivity index (χ1n) is 7.33. The lowest BCUT2D eigenvalue weighted by molar-refractivity contribution is -0.139. The van der Waals surface area contributed by atoms with Crippen molar-refractivity contribution in [3.05, 3.63) is 11.3 Å². The molecule has 0 aromatic heterocycles. The molecule has 0 aliphatic rings. The van der Waals surface area contributed by atoms with Gasteiger partial charge in [0.05, 0.1) is 6.61 Å². The van der Waals surface area contributed by atoms with Crippen LogP contribution in [-0.2, 0) is 22.8 Å². The molecule has 6 heteroatoms. The summed E-state index contributed by atoms with van der Waals surface area (Å²) < 4.78 is 22.2. The molecule has 0 saturated heterocycles. The van der Waals surface area contributed by atoms with E-state index in [2.05, 4.69) is 0 Å². The minimum atomic E-state index is -2.93. The number of hydrogen-bond donors (Lipinski definition) is 0. The third-order valence-corrected chi connectivity index (χ3v) is 5.34. The zero-order chi connectivity index (χ0) is 15.4. The van der Waals surface area contributed by atoms with Crippen LogP contribution in [0.1, 0.15) is 47.5 Å². The molecular formula is C14H28O5Si. The average molecular weight is 304 g/mol. The first-order chi connectivity index (χ1) is 9.55. The van der Waals surface area contributed by atoms with Gasteiger partial charge in [-0.1, -0.05) is 13.3 Å². The molecule has 0 aliphatic heterocycles. The number of rotatable bonds is 11. The van der Waals surface area contributed by atoms with Crippen molar-refractivity contribution in [2.75, 3.05) is 26.4 Å². The van der Waals surface area contributed by atoms with Crippen molar-refractivity contribution >= 4 is 14.8 Å². The molecule has 0 rings (SSSR count). The van der Waals surface area contributed by atoms with E-state index >= 15 is 0 Å². The molecule has 0 aromatic carbocycles. The predicted octanol–water partition coefficient (Wildman–Crippen LogP) is 2.86. The van der Waals surface area contributed by atoms with Gasteiger partial charge in [0, 0.05) is 25.4 Å². The number of carbonyl (C=O) groups is 1.